The lowest BCUT2D eigenvalue weighted by Gasteiger charge is -2.01. The second kappa shape index (κ2) is 5.50. The summed E-state index contributed by atoms with van der Waals surface area (Å²) in [4.78, 5) is 4.41. The molecule has 3 aromatic rings. The number of aryl methyl sites for hydroxylation is 1. The van der Waals surface area contributed by atoms with Gasteiger partial charge in [0.25, 0.3) is 5.89 Å². The molecule has 0 saturated carbocycles. The van der Waals surface area contributed by atoms with Crippen molar-refractivity contribution >= 4 is 33.2 Å². The van der Waals surface area contributed by atoms with E-state index in [1.54, 1.807) is 18.2 Å². The van der Waals surface area contributed by atoms with Crippen LogP contribution in [0.25, 0.3) is 22.8 Å². The fourth-order valence-electron chi connectivity index (χ4n) is 2.03. The van der Waals surface area contributed by atoms with Crippen molar-refractivity contribution in [3.8, 4) is 22.8 Å². The maximum Gasteiger partial charge on any atom is 0.259 e. The number of hydrogen-bond donors (Lipinski definition) is 1. The second-order valence-corrected chi connectivity index (χ2v) is 5.94. The topological polar surface area (TPSA) is 64.9 Å². The molecule has 0 aliphatic rings. The van der Waals surface area contributed by atoms with Crippen molar-refractivity contribution in [2.75, 3.05) is 5.73 Å². The van der Waals surface area contributed by atoms with Crippen molar-refractivity contribution in [1.82, 2.24) is 10.1 Å². The van der Waals surface area contributed by atoms with Crippen LogP contribution in [0.4, 0.5) is 5.69 Å². The zero-order valence-corrected chi connectivity index (χ0v) is 13.4. The Hall–Kier alpha value is -1.85. The van der Waals surface area contributed by atoms with Gasteiger partial charge in [-0.25, -0.2) is 0 Å². The summed E-state index contributed by atoms with van der Waals surface area (Å²) in [5.41, 5.74) is 8.91. The van der Waals surface area contributed by atoms with E-state index in [0.717, 1.165) is 15.6 Å². The van der Waals surface area contributed by atoms with Gasteiger partial charge in [0.2, 0.25) is 5.82 Å². The van der Waals surface area contributed by atoms with Gasteiger partial charge < -0.3 is 10.3 Å². The van der Waals surface area contributed by atoms with Gasteiger partial charge in [0, 0.05) is 15.7 Å². The number of aromatic nitrogens is 2. The minimum atomic E-state index is 0.373. The van der Waals surface area contributed by atoms with Crippen LogP contribution in [-0.2, 0) is 0 Å². The summed E-state index contributed by atoms with van der Waals surface area (Å²) in [6.45, 7) is 1.99. The van der Waals surface area contributed by atoms with Crippen LogP contribution in [0, 0.1) is 6.92 Å². The zero-order chi connectivity index (χ0) is 15.0. The summed E-state index contributed by atoms with van der Waals surface area (Å²) >= 11 is 9.59. The monoisotopic (exact) mass is 363 g/mol. The fourth-order valence-corrected chi connectivity index (χ4v) is 2.77. The predicted octanol–water partition coefficient (Wildman–Crippen LogP) is 4.71. The summed E-state index contributed by atoms with van der Waals surface area (Å²) in [5, 5.41) is 4.51. The molecule has 3 rings (SSSR count). The van der Waals surface area contributed by atoms with Gasteiger partial charge in [0.15, 0.2) is 0 Å². The SMILES string of the molecule is Cc1cc(Br)ccc1-c1noc(-c2ccc(N)cc2Cl)n1. The Morgan fingerprint density at radius 2 is 1.90 bits per heavy atom. The molecule has 21 heavy (non-hydrogen) atoms. The molecule has 0 bridgehead atoms. The molecular weight excluding hydrogens is 354 g/mol. The van der Waals surface area contributed by atoms with Gasteiger partial charge in [-0.15, -0.1) is 0 Å². The van der Waals surface area contributed by atoms with E-state index in [1.807, 2.05) is 25.1 Å². The zero-order valence-electron chi connectivity index (χ0n) is 11.1. The van der Waals surface area contributed by atoms with Gasteiger partial charge in [-0.1, -0.05) is 32.7 Å². The van der Waals surface area contributed by atoms with Crippen LogP contribution in [0.5, 0.6) is 0 Å². The van der Waals surface area contributed by atoms with E-state index in [9.17, 15) is 0 Å². The van der Waals surface area contributed by atoms with Gasteiger partial charge >= 0.3 is 0 Å². The maximum atomic E-state index is 6.16. The van der Waals surface area contributed by atoms with Crippen molar-refractivity contribution in [1.29, 1.82) is 0 Å². The van der Waals surface area contributed by atoms with Crippen LogP contribution in [0.2, 0.25) is 5.02 Å². The smallest absolute Gasteiger partial charge is 0.259 e. The minimum Gasteiger partial charge on any atom is -0.399 e. The number of rotatable bonds is 2. The average Bonchev–Trinajstić information content (AvgIpc) is 2.87. The third kappa shape index (κ3) is 2.80. The van der Waals surface area contributed by atoms with Crippen molar-refractivity contribution in [3.05, 3.63) is 51.5 Å². The van der Waals surface area contributed by atoms with Crippen molar-refractivity contribution in [2.45, 2.75) is 6.92 Å². The highest BCUT2D eigenvalue weighted by Gasteiger charge is 2.14. The summed E-state index contributed by atoms with van der Waals surface area (Å²) in [7, 11) is 0. The molecule has 0 aliphatic heterocycles. The number of anilines is 1. The van der Waals surface area contributed by atoms with Gasteiger partial charge in [-0.3, -0.25) is 0 Å². The summed E-state index contributed by atoms with van der Waals surface area (Å²) in [6, 6.07) is 11.1. The Bertz CT molecular complexity index is 750. The first-order valence-corrected chi connectivity index (χ1v) is 7.37. The molecule has 2 aromatic carbocycles. The Labute approximate surface area is 135 Å². The minimum absolute atomic E-state index is 0.373. The Kier molecular flexibility index (Phi) is 3.69. The highest BCUT2D eigenvalue weighted by Crippen LogP contribution is 2.31. The van der Waals surface area contributed by atoms with E-state index in [-0.39, 0.29) is 0 Å². The Balaban J connectivity index is 2.03. The van der Waals surface area contributed by atoms with Crippen LogP contribution in [-0.4, -0.2) is 10.1 Å². The molecule has 4 nitrogen and oxygen atoms in total. The summed E-state index contributed by atoms with van der Waals surface area (Å²) in [6.07, 6.45) is 0. The van der Waals surface area contributed by atoms with Gasteiger partial charge in [-0.2, -0.15) is 4.98 Å². The van der Waals surface area contributed by atoms with E-state index in [1.165, 1.54) is 0 Å². The molecule has 6 heteroatoms. The summed E-state index contributed by atoms with van der Waals surface area (Å²) < 4.78 is 6.32. The standard InChI is InChI=1S/C15H11BrClN3O/c1-8-6-9(16)2-4-11(8)14-19-15(21-20-14)12-5-3-10(18)7-13(12)17/h2-7H,18H2,1H3. The van der Waals surface area contributed by atoms with E-state index < -0.39 is 0 Å². The second-order valence-electron chi connectivity index (χ2n) is 4.62. The molecule has 0 saturated heterocycles. The lowest BCUT2D eigenvalue weighted by molar-refractivity contribution is 0.432. The quantitative estimate of drug-likeness (QED) is 0.669. The number of halogens is 2. The van der Waals surface area contributed by atoms with Crippen LogP contribution in [0.1, 0.15) is 5.56 Å². The van der Waals surface area contributed by atoms with Crippen LogP contribution in [0.15, 0.2) is 45.4 Å². The normalized spacial score (nSPS) is 10.8. The number of benzene rings is 2. The number of nitrogens with two attached hydrogens (primary N) is 1. The average molecular weight is 365 g/mol. The molecule has 0 atom stereocenters. The first-order valence-electron chi connectivity index (χ1n) is 6.20. The molecule has 0 radical (unpaired) electrons. The molecular formula is C15H11BrClN3O. The van der Waals surface area contributed by atoms with Gasteiger partial charge in [0.05, 0.1) is 10.6 Å². The molecule has 2 N–H and O–H groups in total. The van der Waals surface area contributed by atoms with Crippen LogP contribution >= 0.6 is 27.5 Å². The molecule has 106 valence electrons. The molecule has 0 amide bonds. The van der Waals surface area contributed by atoms with Crippen molar-refractivity contribution in [3.63, 3.8) is 0 Å². The van der Waals surface area contributed by atoms with Crippen LogP contribution < -0.4 is 5.73 Å². The third-order valence-electron chi connectivity index (χ3n) is 3.08. The van der Waals surface area contributed by atoms with Crippen molar-refractivity contribution in [2.24, 2.45) is 0 Å². The third-order valence-corrected chi connectivity index (χ3v) is 3.88. The molecule has 0 aliphatic carbocycles. The largest absolute Gasteiger partial charge is 0.399 e. The first-order chi connectivity index (χ1) is 10.0. The van der Waals surface area contributed by atoms with Crippen molar-refractivity contribution < 1.29 is 4.52 Å². The number of nitrogens with zero attached hydrogens (tertiary/aromatic N) is 2. The molecule has 0 fully saturated rings. The van der Waals surface area contributed by atoms with E-state index in [0.29, 0.717) is 28.0 Å². The first kappa shape index (κ1) is 14.1. The Morgan fingerprint density at radius 1 is 1.14 bits per heavy atom. The van der Waals surface area contributed by atoms with Gasteiger partial charge in [0.1, 0.15) is 0 Å². The number of nitrogen functional groups attached to an aromatic ring is 1. The predicted molar refractivity (Wildman–Crippen MR) is 87.0 cm³/mol. The van der Waals surface area contributed by atoms with Crippen LogP contribution in [0.3, 0.4) is 0 Å². The lowest BCUT2D eigenvalue weighted by Crippen LogP contribution is -1.87. The highest BCUT2D eigenvalue weighted by molar-refractivity contribution is 9.10. The molecule has 1 heterocycles. The van der Waals surface area contributed by atoms with E-state index >= 15 is 0 Å². The van der Waals surface area contributed by atoms with Gasteiger partial charge in [-0.05, 0) is 48.9 Å². The fraction of sp³-hybridized carbons (Fsp3) is 0.0667. The Morgan fingerprint density at radius 3 is 2.62 bits per heavy atom. The lowest BCUT2D eigenvalue weighted by atomic mass is 10.1. The summed E-state index contributed by atoms with van der Waals surface area (Å²) in [5.74, 6) is 0.903. The molecule has 0 spiro atoms. The number of hydrogen-bond acceptors (Lipinski definition) is 4. The molecule has 1 aromatic heterocycles. The maximum absolute atomic E-state index is 6.16. The van der Waals surface area contributed by atoms with E-state index in [2.05, 4.69) is 26.1 Å². The van der Waals surface area contributed by atoms with E-state index in [4.69, 9.17) is 21.9 Å². The molecule has 0 unspecified atom stereocenters. The highest BCUT2D eigenvalue weighted by atomic mass is 79.9.